The lowest BCUT2D eigenvalue weighted by Gasteiger charge is -2.09. The van der Waals surface area contributed by atoms with E-state index in [9.17, 15) is 0 Å². The molecule has 0 unspecified atom stereocenters. The third kappa shape index (κ3) is 2.12. The van der Waals surface area contributed by atoms with Crippen LogP contribution in [0, 0.1) is 11.3 Å². The number of rotatable bonds is 2. The van der Waals surface area contributed by atoms with Crippen molar-refractivity contribution in [1.29, 1.82) is 5.26 Å². The van der Waals surface area contributed by atoms with E-state index in [-0.39, 0.29) is 0 Å². The molecule has 0 radical (unpaired) electrons. The topological polar surface area (TPSA) is 45.9 Å². The van der Waals surface area contributed by atoms with Crippen LogP contribution in [0.2, 0.25) is 0 Å². The van der Waals surface area contributed by atoms with E-state index >= 15 is 0 Å². The summed E-state index contributed by atoms with van der Waals surface area (Å²) in [5.74, 6) is 1.20. The predicted octanol–water partition coefficient (Wildman–Crippen LogP) is 3.90. The number of pyridine rings is 1. The summed E-state index contributed by atoms with van der Waals surface area (Å²) in [5.41, 5.74) is 1.30. The highest BCUT2D eigenvalue weighted by molar-refractivity contribution is 5.84. The minimum absolute atomic E-state index is 0.510. The molecule has 3 heteroatoms. The number of ether oxygens (including phenoxy) is 1. The molecule has 1 heterocycles. The van der Waals surface area contributed by atoms with Gasteiger partial charge in [0.15, 0.2) is 5.75 Å². The highest BCUT2D eigenvalue weighted by Crippen LogP contribution is 2.29. The third-order valence-corrected chi connectivity index (χ3v) is 2.82. The van der Waals surface area contributed by atoms with Crippen molar-refractivity contribution >= 4 is 10.9 Å². The number of hydrogen-bond acceptors (Lipinski definition) is 3. The van der Waals surface area contributed by atoms with E-state index < -0.39 is 0 Å². The van der Waals surface area contributed by atoms with Gasteiger partial charge in [0.25, 0.3) is 0 Å². The van der Waals surface area contributed by atoms with Crippen LogP contribution in [0.5, 0.6) is 11.5 Å². The number of benzene rings is 2. The van der Waals surface area contributed by atoms with Gasteiger partial charge in [-0.25, -0.2) is 0 Å². The summed E-state index contributed by atoms with van der Waals surface area (Å²) in [7, 11) is 0. The Morgan fingerprint density at radius 2 is 1.68 bits per heavy atom. The highest BCUT2D eigenvalue weighted by Gasteiger charge is 2.07. The number of fused-ring (bicyclic) bond motifs is 1. The average Bonchev–Trinajstić information content (AvgIpc) is 2.48. The monoisotopic (exact) mass is 246 g/mol. The second-order valence-electron chi connectivity index (χ2n) is 4.04. The lowest BCUT2D eigenvalue weighted by atomic mass is 10.2. The molecule has 90 valence electrons. The third-order valence-electron chi connectivity index (χ3n) is 2.82. The molecular weight excluding hydrogens is 236 g/mol. The number of nitrogens with zero attached hydrogens (tertiary/aromatic N) is 2. The summed E-state index contributed by atoms with van der Waals surface area (Å²) < 4.78 is 5.83. The van der Waals surface area contributed by atoms with Crippen LogP contribution in [0.1, 0.15) is 5.56 Å². The van der Waals surface area contributed by atoms with E-state index in [4.69, 9.17) is 10.00 Å². The van der Waals surface area contributed by atoms with Gasteiger partial charge in [0.1, 0.15) is 17.3 Å². The van der Waals surface area contributed by atoms with E-state index in [0.717, 1.165) is 10.9 Å². The van der Waals surface area contributed by atoms with Gasteiger partial charge in [-0.1, -0.05) is 30.3 Å². The molecule has 1 aromatic heterocycles. The van der Waals surface area contributed by atoms with Crippen LogP contribution in [0.3, 0.4) is 0 Å². The minimum atomic E-state index is 0.510. The van der Waals surface area contributed by atoms with Gasteiger partial charge in [-0.05, 0) is 24.3 Å². The maximum Gasteiger partial charge on any atom is 0.153 e. The molecule has 0 amide bonds. The summed E-state index contributed by atoms with van der Waals surface area (Å²) in [6.45, 7) is 0. The van der Waals surface area contributed by atoms with Crippen LogP contribution in [0.15, 0.2) is 60.8 Å². The first-order valence-corrected chi connectivity index (χ1v) is 5.89. The lowest BCUT2D eigenvalue weighted by molar-refractivity contribution is 0.485. The smallest absolute Gasteiger partial charge is 0.153 e. The zero-order valence-corrected chi connectivity index (χ0v) is 10.1. The van der Waals surface area contributed by atoms with E-state index in [2.05, 4.69) is 11.1 Å². The Bertz CT molecular complexity index is 770. The Labute approximate surface area is 110 Å². The van der Waals surface area contributed by atoms with Crippen molar-refractivity contribution in [3.8, 4) is 17.6 Å². The van der Waals surface area contributed by atoms with Gasteiger partial charge < -0.3 is 4.74 Å². The Morgan fingerprint density at radius 1 is 0.895 bits per heavy atom. The Hall–Kier alpha value is -2.86. The van der Waals surface area contributed by atoms with E-state index in [0.29, 0.717) is 17.1 Å². The second kappa shape index (κ2) is 4.79. The maximum absolute atomic E-state index is 9.06. The van der Waals surface area contributed by atoms with Gasteiger partial charge in [-0.15, -0.1) is 0 Å². The maximum atomic E-state index is 9.06. The first-order valence-electron chi connectivity index (χ1n) is 5.89. The van der Waals surface area contributed by atoms with Crippen LogP contribution in [0.25, 0.3) is 10.9 Å². The fourth-order valence-corrected chi connectivity index (χ4v) is 1.93. The van der Waals surface area contributed by atoms with Gasteiger partial charge in [0, 0.05) is 11.6 Å². The molecule has 3 rings (SSSR count). The van der Waals surface area contributed by atoms with Crippen molar-refractivity contribution in [2.75, 3.05) is 0 Å². The highest BCUT2D eigenvalue weighted by atomic mass is 16.5. The molecule has 0 aliphatic rings. The number of aromatic nitrogens is 1. The first-order chi connectivity index (χ1) is 9.38. The Morgan fingerprint density at radius 3 is 2.58 bits per heavy atom. The van der Waals surface area contributed by atoms with Crippen LogP contribution >= 0.6 is 0 Å². The summed E-state index contributed by atoms with van der Waals surface area (Å²) in [6.07, 6.45) is 1.73. The van der Waals surface area contributed by atoms with Crippen molar-refractivity contribution in [2.24, 2.45) is 0 Å². The molecule has 3 aromatic rings. The van der Waals surface area contributed by atoms with Crippen LogP contribution < -0.4 is 4.74 Å². The van der Waals surface area contributed by atoms with E-state index in [1.54, 1.807) is 18.3 Å². The lowest BCUT2D eigenvalue weighted by Crippen LogP contribution is -1.90. The van der Waals surface area contributed by atoms with E-state index in [1.165, 1.54) is 0 Å². The predicted molar refractivity (Wildman–Crippen MR) is 73.0 cm³/mol. The van der Waals surface area contributed by atoms with Gasteiger partial charge in [-0.2, -0.15) is 5.26 Å². The van der Waals surface area contributed by atoms with Crippen molar-refractivity contribution in [1.82, 2.24) is 4.98 Å². The molecule has 0 saturated heterocycles. The van der Waals surface area contributed by atoms with Gasteiger partial charge in [0.05, 0.1) is 5.56 Å². The summed E-state index contributed by atoms with van der Waals surface area (Å²) in [4.78, 5) is 4.32. The molecule has 0 bridgehead atoms. The molecule has 0 aliphatic heterocycles. The van der Waals surface area contributed by atoms with Crippen molar-refractivity contribution < 1.29 is 4.74 Å². The van der Waals surface area contributed by atoms with Crippen LogP contribution in [-0.4, -0.2) is 4.98 Å². The first kappa shape index (κ1) is 11.2. The quantitative estimate of drug-likeness (QED) is 0.688. The van der Waals surface area contributed by atoms with Crippen molar-refractivity contribution in [3.63, 3.8) is 0 Å². The zero-order chi connectivity index (χ0) is 13.1. The van der Waals surface area contributed by atoms with Gasteiger partial charge >= 0.3 is 0 Å². The number of para-hydroxylation sites is 2. The SMILES string of the molecule is N#Cc1ccccc1Oc1cccc2cccnc12. The Balaban J connectivity index is 2.09. The molecule has 0 aliphatic carbocycles. The number of hydrogen-bond donors (Lipinski definition) is 0. The van der Waals surface area contributed by atoms with Crippen molar-refractivity contribution in [3.05, 3.63) is 66.4 Å². The fraction of sp³-hybridized carbons (Fsp3) is 0. The van der Waals surface area contributed by atoms with Crippen molar-refractivity contribution in [2.45, 2.75) is 0 Å². The normalized spacial score (nSPS) is 10.1. The molecule has 0 N–H and O–H groups in total. The summed E-state index contributed by atoms with van der Waals surface area (Å²) in [6, 6.07) is 18.9. The molecule has 0 atom stereocenters. The molecule has 2 aromatic carbocycles. The second-order valence-corrected chi connectivity index (χ2v) is 4.04. The molecule has 0 spiro atoms. The molecular formula is C16H10N2O. The molecule has 3 nitrogen and oxygen atoms in total. The average molecular weight is 246 g/mol. The zero-order valence-electron chi connectivity index (χ0n) is 10.1. The largest absolute Gasteiger partial charge is 0.454 e. The minimum Gasteiger partial charge on any atom is -0.454 e. The summed E-state index contributed by atoms with van der Waals surface area (Å²) >= 11 is 0. The molecule has 0 saturated carbocycles. The van der Waals surface area contributed by atoms with Gasteiger partial charge in [0.2, 0.25) is 0 Å². The number of nitriles is 1. The molecule has 19 heavy (non-hydrogen) atoms. The van der Waals surface area contributed by atoms with Gasteiger partial charge in [-0.3, -0.25) is 4.98 Å². The molecule has 0 fully saturated rings. The Kier molecular flexibility index (Phi) is 2.83. The van der Waals surface area contributed by atoms with Crippen LogP contribution in [0.4, 0.5) is 0 Å². The summed E-state index contributed by atoms with van der Waals surface area (Å²) in [5, 5.41) is 10.1. The standard InChI is InChI=1S/C16H10N2O/c17-11-13-5-1-2-8-14(13)19-15-9-3-6-12-7-4-10-18-16(12)15/h1-10H. The van der Waals surface area contributed by atoms with Crippen LogP contribution in [-0.2, 0) is 0 Å². The van der Waals surface area contributed by atoms with E-state index in [1.807, 2.05) is 42.5 Å². The fourth-order valence-electron chi connectivity index (χ4n) is 1.93.